The summed E-state index contributed by atoms with van der Waals surface area (Å²) in [4.78, 5) is 29.1. The highest BCUT2D eigenvalue weighted by molar-refractivity contribution is 7.99. The van der Waals surface area contributed by atoms with Gasteiger partial charge < -0.3 is 5.32 Å². The van der Waals surface area contributed by atoms with Crippen LogP contribution in [0.2, 0.25) is 0 Å². The first kappa shape index (κ1) is 22.2. The number of hydrogen-bond acceptors (Lipinski definition) is 4. The van der Waals surface area contributed by atoms with Crippen molar-refractivity contribution in [1.29, 1.82) is 0 Å². The van der Waals surface area contributed by atoms with Crippen LogP contribution in [0.3, 0.4) is 0 Å². The Labute approximate surface area is 172 Å². The topological polar surface area (TPSA) is 64.0 Å². The van der Waals surface area contributed by atoms with Crippen LogP contribution in [-0.2, 0) is 18.3 Å². The molecule has 0 aliphatic carbocycles. The van der Waals surface area contributed by atoms with Crippen molar-refractivity contribution < 1.29 is 4.79 Å². The highest BCUT2D eigenvalue weighted by Gasteiger charge is 2.13. The van der Waals surface area contributed by atoms with Crippen LogP contribution < -0.4 is 10.9 Å². The maximum Gasteiger partial charge on any atom is 0.257 e. The number of aryl methyl sites for hydroxylation is 2. The van der Waals surface area contributed by atoms with E-state index in [1.807, 2.05) is 13.8 Å². The van der Waals surface area contributed by atoms with Gasteiger partial charge in [0.05, 0.1) is 0 Å². The molecule has 1 aromatic heterocycles. The van der Waals surface area contributed by atoms with Crippen LogP contribution >= 0.6 is 11.8 Å². The van der Waals surface area contributed by atoms with Crippen molar-refractivity contribution in [3.63, 3.8) is 0 Å². The number of nitrogens with one attached hydrogen (secondary N) is 1. The lowest BCUT2D eigenvalue weighted by molar-refractivity contribution is -0.121. The molecule has 1 N–H and O–H groups in total. The van der Waals surface area contributed by atoms with Gasteiger partial charge in [-0.15, -0.1) is 0 Å². The molecule has 28 heavy (non-hydrogen) atoms. The van der Waals surface area contributed by atoms with Gasteiger partial charge in [0, 0.05) is 43.4 Å². The van der Waals surface area contributed by atoms with Gasteiger partial charge in [-0.3, -0.25) is 14.2 Å². The van der Waals surface area contributed by atoms with Crippen LogP contribution in [0.15, 0.2) is 34.2 Å². The summed E-state index contributed by atoms with van der Waals surface area (Å²) in [7, 11) is 1.79. The minimum Gasteiger partial charge on any atom is -0.356 e. The molecule has 0 aliphatic rings. The van der Waals surface area contributed by atoms with Gasteiger partial charge in [0.25, 0.3) is 5.56 Å². The molecule has 0 saturated heterocycles. The Hall–Kier alpha value is -2.08. The Morgan fingerprint density at radius 2 is 1.89 bits per heavy atom. The van der Waals surface area contributed by atoms with Crippen molar-refractivity contribution in [3.05, 3.63) is 57.0 Å². The zero-order chi connectivity index (χ0) is 20.5. The predicted molar refractivity (Wildman–Crippen MR) is 116 cm³/mol. The molecule has 2 rings (SSSR count). The fraction of sp³-hybridized carbons (Fsp3) is 0.500. The van der Waals surface area contributed by atoms with E-state index in [0.29, 0.717) is 12.8 Å². The second kappa shape index (κ2) is 11.1. The molecule has 1 amide bonds. The molecule has 2 aromatic rings. The summed E-state index contributed by atoms with van der Waals surface area (Å²) in [6, 6.07) is 8.26. The van der Waals surface area contributed by atoms with E-state index in [0.717, 1.165) is 53.5 Å². The van der Waals surface area contributed by atoms with Gasteiger partial charge in [0.1, 0.15) is 0 Å². The second-order valence-corrected chi connectivity index (χ2v) is 8.20. The Kier molecular flexibility index (Phi) is 8.77. The van der Waals surface area contributed by atoms with Crippen LogP contribution in [0.5, 0.6) is 0 Å². The number of nitrogens with zero attached hydrogens (tertiary/aromatic N) is 2. The summed E-state index contributed by atoms with van der Waals surface area (Å²) < 4.78 is 1.65. The molecular formula is C22H31N3O2S. The molecule has 0 bridgehead atoms. The number of benzene rings is 1. The van der Waals surface area contributed by atoms with Gasteiger partial charge in [-0.2, -0.15) is 0 Å². The third-order valence-corrected chi connectivity index (χ3v) is 5.77. The van der Waals surface area contributed by atoms with E-state index < -0.39 is 0 Å². The van der Waals surface area contributed by atoms with Gasteiger partial charge in [-0.25, -0.2) is 4.98 Å². The molecule has 5 nitrogen and oxygen atoms in total. The number of carbonyl (C=O) groups excluding carboxylic acids is 1. The van der Waals surface area contributed by atoms with E-state index in [1.54, 1.807) is 23.4 Å². The van der Waals surface area contributed by atoms with Gasteiger partial charge in [0.2, 0.25) is 5.91 Å². The predicted octanol–water partition coefficient (Wildman–Crippen LogP) is 3.78. The number of rotatable bonds is 10. The zero-order valence-electron chi connectivity index (χ0n) is 17.4. The van der Waals surface area contributed by atoms with Gasteiger partial charge in [-0.05, 0) is 38.7 Å². The van der Waals surface area contributed by atoms with Crippen LogP contribution in [0.4, 0.5) is 0 Å². The van der Waals surface area contributed by atoms with Crippen LogP contribution in [0.25, 0.3) is 0 Å². The SMILES string of the molecule is CCCNC(=O)CCCCSc1nc(C)c(Cc2ccc(C)cc2)c(=O)n1C. The Morgan fingerprint density at radius 3 is 2.57 bits per heavy atom. The highest BCUT2D eigenvalue weighted by Crippen LogP contribution is 2.18. The number of unbranched alkanes of at least 4 members (excludes halogenated alkanes) is 1. The Balaban J connectivity index is 1.93. The minimum atomic E-state index is 0.0227. The molecule has 0 saturated carbocycles. The molecule has 0 unspecified atom stereocenters. The average Bonchev–Trinajstić information content (AvgIpc) is 2.68. The van der Waals surface area contributed by atoms with Crippen molar-refractivity contribution in [3.8, 4) is 0 Å². The normalized spacial score (nSPS) is 10.9. The highest BCUT2D eigenvalue weighted by atomic mass is 32.2. The van der Waals surface area contributed by atoms with Gasteiger partial charge >= 0.3 is 0 Å². The maximum absolute atomic E-state index is 12.8. The summed E-state index contributed by atoms with van der Waals surface area (Å²) in [6.07, 6.45) is 3.89. The monoisotopic (exact) mass is 401 g/mol. The number of amides is 1. The first-order chi connectivity index (χ1) is 13.4. The lowest BCUT2D eigenvalue weighted by Crippen LogP contribution is -2.26. The second-order valence-electron chi connectivity index (χ2n) is 7.14. The summed E-state index contributed by atoms with van der Waals surface area (Å²) in [6.45, 7) is 6.75. The van der Waals surface area contributed by atoms with E-state index in [1.165, 1.54) is 5.56 Å². The molecule has 1 aromatic carbocycles. The zero-order valence-corrected chi connectivity index (χ0v) is 18.2. The van der Waals surface area contributed by atoms with Crippen LogP contribution in [-0.4, -0.2) is 27.8 Å². The van der Waals surface area contributed by atoms with E-state index in [4.69, 9.17) is 0 Å². The maximum atomic E-state index is 12.8. The molecule has 0 aliphatic heterocycles. The third kappa shape index (κ3) is 6.51. The average molecular weight is 402 g/mol. The Bertz CT molecular complexity index is 844. The van der Waals surface area contributed by atoms with Crippen LogP contribution in [0.1, 0.15) is 55.0 Å². The molecule has 6 heteroatoms. The molecule has 0 fully saturated rings. The molecule has 0 radical (unpaired) electrons. The van der Waals surface area contributed by atoms with E-state index >= 15 is 0 Å². The first-order valence-corrected chi connectivity index (χ1v) is 10.9. The standard InChI is InChI=1S/C22H31N3O2S/c1-5-13-23-20(26)8-6-7-14-28-22-24-17(3)19(21(27)25(22)4)15-18-11-9-16(2)10-12-18/h9-12H,5-8,13-15H2,1-4H3,(H,23,26). The van der Waals surface area contributed by atoms with Crippen molar-refractivity contribution in [1.82, 2.24) is 14.9 Å². The van der Waals surface area contributed by atoms with E-state index in [9.17, 15) is 9.59 Å². The summed E-state index contributed by atoms with van der Waals surface area (Å²) in [5, 5.41) is 3.63. The Morgan fingerprint density at radius 1 is 1.18 bits per heavy atom. The summed E-state index contributed by atoms with van der Waals surface area (Å²) in [5.41, 5.74) is 3.90. The molecule has 0 spiro atoms. The largest absolute Gasteiger partial charge is 0.356 e. The lowest BCUT2D eigenvalue weighted by Gasteiger charge is -2.12. The lowest BCUT2D eigenvalue weighted by atomic mass is 10.0. The number of hydrogen-bond donors (Lipinski definition) is 1. The van der Waals surface area contributed by atoms with E-state index in [-0.39, 0.29) is 11.5 Å². The first-order valence-electron chi connectivity index (χ1n) is 9.94. The van der Waals surface area contributed by atoms with Crippen LogP contribution in [0, 0.1) is 13.8 Å². The number of aromatic nitrogens is 2. The van der Waals surface area contributed by atoms with Crippen molar-refractivity contribution in [2.24, 2.45) is 7.05 Å². The molecule has 1 heterocycles. The van der Waals surface area contributed by atoms with Gasteiger partial charge in [0.15, 0.2) is 5.16 Å². The molecule has 0 atom stereocenters. The number of thioether (sulfide) groups is 1. The summed E-state index contributed by atoms with van der Waals surface area (Å²) >= 11 is 1.58. The van der Waals surface area contributed by atoms with E-state index in [2.05, 4.69) is 41.5 Å². The fourth-order valence-corrected chi connectivity index (χ4v) is 3.89. The number of carbonyl (C=O) groups is 1. The van der Waals surface area contributed by atoms with Crippen molar-refractivity contribution in [2.75, 3.05) is 12.3 Å². The molecule has 152 valence electrons. The fourth-order valence-electron chi connectivity index (χ4n) is 2.88. The van der Waals surface area contributed by atoms with Crippen molar-refractivity contribution >= 4 is 17.7 Å². The smallest absolute Gasteiger partial charge is 0.257 e. The minimum absolute atomic E-state index is 0.0227. The van der Waals surface area contributed by atoms with Gasteiger partial charge in [-0.1, -0.05) is 48.5 Å². The third-order valence-electron chi connectivity index (χ3n) is 4.65. The quantitative estimate of drug-likeness (QED) is 0.374. The van der Waals surface area contributed by atoms with Crippen molar-refractivity contribution in [2.45, 2.75) is 58.0 Å². The summed E-state index contributed by atoms with van der Waals surface area (Å²) in [5.74, 6) is 0.964. The molecular weight excluding hydrogens is 370 g/mol.